The highest BCUT2D eigenvalue weighted by Crippen LogP contribution is 2.39. The standard InChI is InChI=1S/C17H22N4/c1-10-6-7-13(8-11(10)2)14-15-16(18)19-9-21(15)17(20-14)12-4-3-5-12/h6-8,12,17,20H,3-5,9H2,1-2H3,(H2,18,19). The molecule has 1 aliphatic carbocycles. The number of fused-ring (bicyclic) bond motifs is 1. The molecule has 3 N–H and O–H groups in total. The Morgan fingerprint density at radius 1 is 1.24 bits per heavy atom. The summed E-state index contributed by atoms with van der Waals surface area (Å²) in [7, 11) is 0. The highest BCUT2D eigenvalue weighted by Gasteiger charge is 2.42. The Balaban J connectivity index is 1.74. The lowest BCUT2D eigenvalue weighted by Crippen LogP contribution is -2.45. The quantitative estimate of drug-likeness (QED) is 0.875. The van der Waals surface area contributed by atoms with E-state index in [-0.39, 0.29) is 0 Å². The Bertz CT molecular complexity index is 655. The van der Waals surface area contributed by atoms with Crippen LogP contribution in [-0.2, 0) is 0 Å². The third kappa shape index (κ3) is 1.85. The van der Waals surface area contributed by atoms with Gasteiger partial charge >= 0.3 is 0 Å². The van der Waals surface area contributed by atoms with Gasteiger partial charge in [-0.2, -0.15) is 0 Å². The van der Waals surface area contributed by atoms with E-state index in [9.17, 15) is 0 Å². The molecule has 110 valence electrons. The van der Waals surface area contributed by atoms with Crippen LogP contribution in [0.15, 0.2) is 28.9 Å². The normalized spacial score (nSPS) is 24.8. The average molecular weight is 282 g/mol. The van der Waals surface area contributed by atoms with Gasteiger partial charge in [-0.1, -0.05) is 18.6 Å². The van der Waals surface area contributed by atoms with Crippen LogP contribution in [0.3, 0.4) is 0 Å². The second-order valence-corrected chi connectivity index (χ2v) is 6.46. The van der Waals surface area contributed by atoms with E-state index >= 15 is 0 Å². The molecule has 0 aromatic heterocycles. The second kappa shape index (κ2) is 4.52. The summed E-state index contributed by atoms with van der Waals surface area (Å²) in [6, 6.07) is 6.62. The van der Waals surface area contributed by atoms with Gasteiger partial charge < -0.3 is 16.0 Å². The van der Waals surface area contributed by atoms with E-state index in [2.05, 4.69) is 47.3 Å². The molecule has 0 saturated heterocycles. The summed E-state index contributed by atoms with van der Waals surface area (Å²) < 4.78 is 0. The predicted molar refractivity (Wildman–Crippen MR) is 85.4 cm³/mol. The second-order valence-electron chi connectivity index (χ2n) is 6.46. The molecule has 0 spiro atoms. The largest absolute Gasteiger partial charge is 0.382 e. The van der Waals surface area contributed by atoms with Crippen molar-refractivity contribution in [1.82, 2.24) is 10.2 Å². The van der Waals surface area contributed by atoms with Gasteiger partial charge in [0, 0.05) is 5.56 Å². The van der Waals surface area contributed by atoms with Crippen LogP contribution in [-0.4, -0.2) is 23.6 Å². The fourth-order valence-corrected chi connectivity index (χ4v) is 3.48. The number of aliphatic imine (C=N–C) groups is 1. The summed E-state index contributed by atoms with van der Waals surface area (Å²) in [5.41, 5.74) is 12.3. The first-order chi connectivity index (χ1) is 10.1. The van der Waals surface area contributed by atoms with E-state index in [0.29, 0.717) is 18.7 Å². The van der Waals surface area contributed by atoms with Crippen molar-refractivity contribution in [3.63, 3.8) is 0 Å². The number of nitrogens with zero attached hydrogens (tertiary/aromatic N) is 2. The number of hydrogen-bond acceptors (Lipinski definition) is 4. The molecule has 1 aromatic rings. The Labute approximate surface area is 125 Å². The van der Waals surface area contributed by atoms with Gasteiger partial charge in [-0.25, -0.2) is 4.99 Å². The van der Waals surface area contributed by atoms with Crippen molar-refractivity contribution in [3.05, 3.63) is 40.6 Å². The van der Waals surface area contributed by atoms with Crippen LogP contribution in [0.2, 0.25) is 0 Å². The Hall–Kier alpha value is -1.97. The van der Waals surface area contributed by atoms with Crippen LogP contribution in [0, 0.1) is 19.8 Å². The van der Waals surface area contributed by atoms with Crippen molar-refractivity contribution in [3.8, 4) is 0 Å². The number of aryl methyl sites for hydroxylation is 2. The van der Waals surface area contributed by atoms with Crippen molar-refractivity contribution in [1.29, 1.82) is 0 Å². The molecule has 1 atom stereocenters. The van der Waals surface area contributed by atoms with Crippen LogP contribution in [0.5, 0.6) is 0 Å². The zero-order valence-corrected chi connectivity index (χ0v) is 12.7. The first-order valence-electron chi connectivity index (χ1n) is 7.80. The summed E-state index contributed by atoms with van der Waals surface area (Å²) in [6.07, 6.45) is 4.33. The molecule has 1 aromatic carbocycles. The van der Waals surface area contributed by atoms with E-state index < -0.39 is 0 Å². The van der Waals surface area contributed by atoms with Crippen molar-refractivity contribution in [2.75, 3.05) is 6.67 Å². The summed E-state index contributed by atoms with van der Waals surface area (Å²) in [5.74, 6) is 1.41. The van der Waals surface area contributed by atoms with Crippen molar-refractivity contribution < 1.29 is 0 Å². The zero-order valence-electron chi connectivity index (χ0n) is 12.7. The van der Waals surface area contributed by atoms with Crippen molar-refractivity contribution in [2.45, 2.75) is 39.3 Å². The van der Waals surface area contributed by atoms with Crippen LogP contribution >= 0.6 is 0 Å². The lowest BCUT2D eigenvalue weighted by molar-refractivity contribution is 0.138. The summed E-state index contributed by atoms with van der Waals surface area (Å²) in [4.78, 5) is 6.80. The van der Waals surface area contributed by atoms with Gasteiger partial charge in [0.15, 0.2) is 0 Å². The lowest BCUT2D eigenvalue weighted by Gasteiger charge is -2.36. The van der Waals surface area contributed by atoms with Gasteiger partial charge in [-0.3, -0.25) is 0 Å². The number of amidine groups is 1. The van der Waals surface area contributed by atoms with E-state index in [1.165, 1.54) is 36.0 Å². The number of nitrogens with one attached hydrogen (secondary N) is 1. The van der Waals surface area contributed by atoms with Gasteiger partial charge in [0.2, 0.25) is 0 Å². The van der Waals surface area contributed by atoms with Gasteiger partial charge in [0.1, 0.15) is 24.4 Å². The van der Waals surface area contributed by atoms with Crippen LogP contribution in [0.25, 0.3) is 5.70 Å². The van der Waals surface area contributed by atoms with Gasteiger partial charge in [0.25, 0.3) is 0 Å². The molecule has 0 radical (unpaired) electrons. The smallest absolute Gasteiger partial charge is 0.146 e. The molecule has 2 heterocycles. The molecule has 4 heteroatoms. The third-order valence-electron chi connectivity index (χ3n) is 5.18. The molecule has 1 saturated carbocycles. The van der Waals surface area contributed by atoms with Crippen LogP contribution < -0.4 is 11.1 Å². The minimum absolute atomic E-state index is 0.371. The highest BCUT2D eigenvalue weighted by molar-refractivity contribution is 6.05. The van der Waals surface area contributed by atoms with Crippen LogP contribution in [0.4, 0.5) is 0 Å². The number of hydrogen-bond donors (Lipinski definition) is 2. The van der Waals surface area contributed by atoms with Gasteiger partial charge in [-0.15, -0.1) is 0 Å². The topological polar surface area (TPSA) is 53.6 Å². The average Bonchev–Trinajstić information content (AvgIpc) is 2.94. The van der Waals surface area contributed by atoms with Gasteiger partial charge in [0.05, 0.1) is 5.70 Å². The highest BCUT2D eigenvalue weighted by atomic mass is 15.4. The molecule has 4 nitrogen and oxygen atoms in total. The fourth-order valence-electron chi connectivity index (χ4n) is 3.48. The molecule has 0 bridgehead atoms. The molecule has 1 unspecified atom stereocenters. The lowest BCUT2D eigenvalue weighted by atomic mass is 9.82. The molecule has 0 amide bonds. The van der Waals surface area contributed by atoms with Crippen molar-refractivity contribution >= 4 is 11.5 Å². The summed E-state index contributed by atoms with van der Waals surface area (Å²) in [6.45, 7) is 5.00. The Morgan fingerprint density at radius 3 is 2.71 bits per heavy atom. The molecular weight excluding hydrogens is 260 g/mol. The number of nitrogens with two attached hydrogens (primary N) is 1. The SMILES string of the molecule is Cc1ccc(C2=C3C(N)=NCN3C(C3CCC3)N2)cc1C. The first kappa shape index (κ1) is 12.7. The molecule has 21 heavy (non-hydrogen) atoms. The van der Waals surface area contributed by atoms with E-state index in [1.807, 2.05) is 0 Å². The predicted octanol–water partition coefficient (Wildman–Crippen LogP) is 2.33. The van der Waals surface area contributed by atoms with Crippen molar-refractivity contribution in [2.24, 2.45) is 16.6 Å². The monoisotopic (exact) mass is 282 g/mol. The summed E-state index contributed by atoms with van der Waals surface area (Å²) >= 11 is 0. The van der Waals surface area contributed by atoms with E-state index in [4.69, 9.17) is 5.73 Å². The maximum absolute atomic E-state index is 6.15. The Kier molecular flexibility index (Phi) is 2.74. The molecule has 2 aliphatic heterocycles. The maximum atomic E-state index is 6.15. The van der Waals surface area contributed by atoms with E-state index in [0.717, 1.165) is 17.3 Å². The van der Waals surface area contributed by atoms with Crippen LogP contribution in [0.1, 0.15) is 36.0 Å². The van der Waals surface area contributed by atoms with Gasteiger partial charge in [-0.05, 0) is 49.8 Å². The van der Waals surface area contributed by atoms with E-state index in [1.54, 1.807) is 0 Å². The Morgan fingerprint density at radius 2 is 2.05 bits per heavy atom. The minimum Gasteiger partial charge on any atom is -0.382 e. The maximum Gasteiger partial charge on any atom is 0.146 e. The molecule has 3 aliphatic rings. The first-order valence-corrected chi connectivity index (χ1v) is 7.80. The third-order valence-corrected chi connectivity index (χ3v) is 5.18. The summed E-state index contributed by atoms with van der Waals surface area (Å²) in [5, 5.41) is 3.73. The fraction of sp³-hybridized carbons (Fsp3) is 0.471. The zero-order chi connectivity index (χ0) is 14.6. The number of benzene rings is 1. The molecular formula is C17H22N4. The molecule has 1 fully saturated rings. The minimum atomic E-state index is 0.371. The number of rotatable bonds is 2. The molecule has 4 rings (SSSR count).